The van der Waals surface area contributed by atoms with Gasteiger partial charge >= 0.3 is 0 Å². The Bertz CT molecular complexity index is 987. The van der Waals surface area contributed by atoms with Crippen molar-refractivity contribution in [3.63, 3.8) is 0 Å². The molecule has 1 aromatic carbocycles. The van der Waals surface area contributed by atoms with Crippen molar-refractivity contribution in [1.29, 1.82) is 0 Å². The van der Waals surface area contributed by atoms with Crippen molar-refractivity contribution in [3.8, 4) is 0 Å². The number of H-pyrrole nitrogens is 1. The van der Waals surface area contributed by atoms with Crippen LogP contribution < -0.4 is 10.2 Å². The summed E-state index contributed by atoms with van der Waals surface area (Å²) >= 11 is 8.06. The van der Waals surface area contributed by atoms with E-state index >= 15 is 0 Å². The summed E-state index contributed by atoms with van der Waals surface area (Å²) < 4.78 is 14.7. The van der Waals surface area contributed by atoms with E-state index in [2.05, 4.69) is 56.6 Å². The quantitative estimate of drug-likeness (QED) is 0.402. The summed E-state index contributed by atoms with van der Waals surface area (Å²) in [6.07, 6.45) is 1.79. The zero-order valence-electron chi connectivity index (χ0n) is 14.8. The molecule has 27 heavy (non-hydrogen) atoms. The lowest BCUT2D eigenvalue weighted by Crippen LogP contribution is -2.29. The summed E-state index contributed by atoms with van der Waals surface area (Å²) in [7, 11) is 0. The molecule has 4 nitrogen and oxygen atoms in total. The van der Waals surface area contributed by atoms with Crippen molar-refractivity contribution in [2.45, 2.75) is 25.9 Å². The van der Waals surface area contributed by atoms with Crippen molar-refractivity contribution in [3.05, 3.63) is 80.7 Å². The van der Waals surface area contributed by atoms with Gasteiger partial charge in [0.05, 0.1) is 17.8 Å². The molecule has 1 aliphatic rings. The topological polar surface area (TPSA) is 44.0 Å². The smallest absolute Gasteiger partial charge is 0.174 e. The maximum Gasteiger partial charge on any atom is 0.174 e. The maximum absolute atomic E-state index is 13.5. The van der Waals surface area contributed by atoms with Crippen LogP contribution in [0.25, 0.3) is 0 Å². The average Bonchev–Trinajstić information content (AvgIpc) is 3.12. The van der Waals surface area contributed by atoms with E-state index in [1.54, 1.807) is 18.3 Å². The predicted octanol–water partition coefficient (Wildman–Crippen LogP) is 4.95. The Labute approximate surface area is 176 Å². The molecule has 1 aliphatic heterocycles. The third-order valence-corrected chi connectivity index (χ3v) is 6.55. The van der Waals surface area contributed by atoms with Gasteiger partial charge in [-0.25, -0.2) is 4.39 Å². The third-order valence-electron chi connectivity index (χ3n) is 4.84. The summed E-state index contributed by atoms with van der Waals surface area (Å²) in [6.45, 7) is 4.14. The van der Waals surface area contributed by atoms with Gasteiger partial charge in [0.15, 0.2) is 5.11 Å². The fourth-order valence-electron chi connectivity index (χ4n) is 3.65. The Hall–Kier alpha value is -2.00. The van der Waals surface area contributed by atoms with Gasteiger partial charge in [0.2, 0.25) is 0 Å². The van der Waals surface area contributed by atoms with E-state index in [0.717, 1.165) is 22.8 Å². The predicted molar refractivity (Wildman–Crippen MR) is 117 cm³/mol. The molecule has 0 aliphatic carbocycles. The number of aromatic nitrogens is 2. The first-order valence-corrected chi connectivity index (χ1v) is 10.1. The first-order valence-electron chi connectivity index (χ1n) is 8.58. The van der Waals surface area contributed by atoms with Crippen LogP contribution in [0.15, 0.2) is 48.7 Å². The lowest BCUT2D eigenvalue weighted by atomic mass is 9.96. The maximum atomic E-state index is 13.5. The fourth-order valence-corrected chi connectivity index (χ4v) is 4.85. The number of rotatable bonds is 3. The summed E-state index contributed by atoms with van der Waals surface area (Å²) in [6, 6.07) is 12.1. The molecule has 3 heterocycles. The second kappa shape index (κ2) is 7.20. The Morgan fingerprint density at radius 3 is 2.44 bits per heavy atom. The minimum atomic E-state index is -0.266. The van der Waals surface area contributed by atoms with Crippen LogP contribution in [0.2, 0.25) is 0 Å². The minimum absolute atomic E-state index is 0.0882. The molecular formula is C20H18FIN4S. The SMILES string of the molecule is Cc1[nH]c(C)c([C@@H]2[C@H](c3ccccn3)NC(=S)N2c2ccc(F)cc2)c1I. The molecule has 0 amide bonds. The zero-order chi connectivity index (χ0) is 19.1. The zero-order valence-corrected chi connectivity index (χ0v) is 17.8. The third kappa shape index (κ3) is 3.23. The summed E-state index contributed by atoms with van der Waals surface area (Å²) in [5, 5.41) is 4.04. The number of aromatic amines is 1. The second-order valence-electron chi connectivity index (χ2n) is 6.58. The number of halogens is 2. The van der Waals surface area contributed by atoms with E-state index in [0.29, 0.717) is 5.11 Å². The van der Waals surface area contributed by atoms with Crippen molar-refractivity contribution < 1.29 is 4.39 Å². The second-order valence-corrected chi connectivity index (χ2v) is 8.04. The van der Waals surface area contributed by atoms with Gasteiger partial charge in [-0.15, -0.1) is 0 Å². The molecule has 0 bridgehead atoms. The molecule has 2 aromatic heterocycles. The van der Waals surface area contributed by atoms with Crippen LogP contribution in [0, 0.1) is 23.2 Å². The van der Waals surface area contributed by atoms with Gasteiger partial charge in [0.1, 0.15) is 5.82 Å². The van der Waals surface area contributed by atoms with Crippen LogP contribution in [-0.2, 0) is 0 Å². The highest BCUT2D eigenvalue weighted by Gasteiger charge is 2.42. The van der Waals surface area contributed by atoms with E-state index in [4.69, 9.17) is 12.2 Å². The van der Waals surface area contributed by atoms with Crippen LogP contribution >= 0.6 is 34.8 Å². The van der Waals surface area contributed by atoms with Crippen LogP contribution in [0.4, 0.5) is 10.1 Å². The standard InChI is InChI=1S/C20H18FIN4S/c1-11-16(17(22)12(2)24-11)19-18(15-5-3-4-10-23-15)25-20(27)26(19)14-8-6-13(21)7-9-14/h3-10,18-19,24H,1-2H3,(H,25,27)/t18-,19+/m0/s1. The molecule has 1 fully saturated rings. The average molecular weight is 492 g/mol. The Morgan fingerprint density at radius 1 is 1.11 bits per heavy atom. The van der Waals surface area contributed by atoms with Crippen molar-refractivity contribution in [2.75, 3.05) is 4.90 Å². The first kappa shape index (κ1) is 18.4. The molecule has 1 saturated heterocycles. The fraction of sp³-hybridized carbons (Fsp3) is 0.200. The van der Waals surface area contributed by atoms with E-state index in [9.17, 15) is 4.39 Å². The number of pyridine rings is 1. The Kier molecular flexibility index (Phi) is 4.90. The Balaban J connectivity index is 1.89. The van der Waals surface area contributed by atoms with Gasteiger partial charge in [-0.1, -0.05) is 6.07 Å². The van der Waals surface area contributed by atoms with Crippen LogP contribution in [0.5, 0.6) is 0 Å². The summed E-state index contributed by atoms with van der Waals surface area (Å²) in [4.78, 5) is 10.1. The highest BCUT2D eigenvalue weighted by atomic mass is 127. The van der Waals surface area contributed by atoms with Gasteiger partial charge in [0.25, 0.3) is 0 Å². The molecule has 2 N–H and O–H groups in total. The van der Waals surface area contributed by atoms with Gasteiger partial charge in [-0.3, -0.25) is 4.98 Å². The van der Waals surface area contributed by atoms with E-state index in [-0.39, 0.29) is 17.9 Å². The summed E-state index contributed by atoms with van der Waals surface area (Å²) in [5.41, 5.74) is 5.18. The number of nitrogens with zero attached hydrogens (tertiary/aromatic N) is 2. The van der Waals surface area contributed by atoms with Gasteiger partial charge in [0, 0.05) is 32.4 Å². The lowest BCUT2D eigenvalue weighted by molar-refractivity contribution is 0.564. The van der Waals surface area contributed by atoms with Gasteiger partial charge in [-0.2, -0.15) is 0 Å². The Morgan fingerprint density at radius 2 is 1.85 bits per heavy atom. The molecule has 7 heteroatoms. The summed E-state index contributed by atoms with van der Waals surface area (Å²) in [5.74, 6) is -0.266. The number of aryl methyl sites for hydroxylation is 2. The molecular weight excluding hydrogens is 474 g/mol. The number of hydrogen-bond acceptors (Lipinski definition) is 2. The van der Waals surface area contributed by atoms with Crippen molar-refractivity contribution in [1.82, 2.24) is 15.3 Å². The van der Waals surface area contributed by atoms with Gasteiger partial charge < -0.3 is 15.2 Å². The number of nitrogens with one attached hydrogen (secondary N) is 2. The van der Waals surface area contributed by atoms with Crippen molar-refractivity contribution >= 4 is 45.6 Å². The number of anilines is 1. The van der Waals surface area contributed by atoms with Crippen LogP contribution in [-0.4, -0.2) is 15.1 Å². The monoisotopic (exact) mass is 492 g/mol. The van der Waals surface area contributed by atoms with Gasteiger partial charge in [-0.05, 0) is 85.1 Å². The molecule has 0 unspecified atom stereocenters. The van der Waals surface area contributed by atoms with Crippen molar-refractivity contribution in [2.24, 2.45) is 0 Å². The molecule has 0 saturated carbocycles. The molecule has 2 atom stereocenters. The molecule has 4 rings (SSSR count). The molecule has 0 radical (unpaired) electrons. The first-order chi connectivity index (χ1) is 13.0. The van der Waals surface area contributed by atoms with E-state index in [1.807, 2.05) is 18.2 Å². The minimum Gasteiger partial charge on any atom is -0.362 e. The lowest BCUT2D eigenvalue weighted by Gasteiger charge is -2.28. The normalized spacial score (nSPS) is 19.4. The van der Waals surface area contributed by atoms with E-state index < -0.39 is 0 Å². The van der Waals surface area contributed by atoms with E-state index in [1.165, 1.54) is 21.3 Å². The number of hydrogen-bond donors (Lipinski definition) is 2. The highest BCUT2D eigenvalue weighted by molar-refractivity contribution is 14.1. The molecule has 138 valence electrons. The molecule has 3 aromatic rings. The van der Waals surface area contributed by atoms with Crippen LogP contribution in [0.3, 0.4) is 0 Å². The number of benzene rings is 1. The highest BCUT2D eigenvalue weighted by Crippen LogP contribution is 2.44. The van der Waals surface area contributed by atoms with Crippen LogP contribution in [0.1, 0.15) is 34.7 Å². The largest absolute Gasteiger partial charge is 0.362 e. The number of thiocarbonyl (C=S) groups is 1. The molecule has 0 spiro atoms.